The average molecular weight is 229 g/mol. The molecule has 64 valence electrons. The van der Waals surface area contributed by atoms with Crippen LogP contribution < -0.4 is 0 Å². The Morgan fingerprint density at radius 2 is 2.25 bits per heavy atom. The van der Waals surface area contributed by atoms with E-state index in [1.54, 1.807) is 12.2 Å². The number of carboxylic acid groups (broad SMARTS) is 1. The van der Waals surface area contributed by atoms with E-state index in [0.717, 1.165) is 10.1 Å². The molecule has 0 aromatic heterocycles. The zero-order chi connectivity index (χ0) is 9.30. The van der Waals surface area contributed by atoms with Gasteiger partial charge in [-0.25, -0.2) is 4.79 Å². The highest BCUT2D eigenvalue weighted by atomic mass is 79.9. The lowest BCUT2D eigenvalue weighted by Gasteiger charge is -2.18. The summed E-state index contributed by atoms with van der Waals surface area (Å²) in [6, 6.07) is 0. The van der Waals surface area contributed by atoms with Crippen molar-refractivity contribution < 1.29 is 9.90 Å². The van der Waals surface area contributed by atoms with E-state index in [1.807, 2.05) is 6.92 Å². The highest BCUT2D eigenvalue weighted by molar-refractivity contribution is 9.12. The van der Waals surface area contributed by atoms with E-state index < -0.39 is 5.97 Å². The molecule has 0 amide bonds. The number of hydrogen-bond acceptors (Lipinski definition) is 1. The van der Waals surface area contributed by atoms with Gasteiger partial charge in [-0.3, -0.25) is 0 Å². The maximum atomic E-state index is 10.7. The van der Waals surface area contributed by atoms with Gasteiger partial charge < -0.3 is 5.11 Å². The van der Waals surface area contributed by atoms with Crippen molar-refractivity contribution in [3.63, 3.8) is 0 Å². The van der Waals surface area contributed by atoms with Crippen LogP contribution >= 0.6 is 15.9 Å². The van der Waals surface area contributed by atoms with Gasteiger partial charge in [0.15, 0.2) is 0 Å². The maximum Gasteiger partial charge on any atom is 0.332 e. The van der Waals surface area contributed by atoms with Crippen LogP contribution in [0.2, 0.25) is 0 Å². The van der Waals surface area contributed by atoms with Crippen LogP contribution in [0.5, 0.6) is 0 Å². The van der Waals surface area contributed by atoms with E-state index in [0.29, 0.717) is 5.57 Å². The fraction of sp³-hybridized carbons (Fsp3) is 0.222. The van der Waals surface area contributed by atoms with Crippen LogP contribution in [0.1, 0.15) is 6.92 Å². The van der Waals surface area contributed by atoms with Crippen LogP contribution in [0.3, 0.4) is 0 Å². The van der Waals surface area contributed by atoms with Crippen molar-refractivity contribution in [1.82, 2.24) is 0 Å². The summed E-state index contributed by atoms with van der Waals surface area (Å²) >= 11 is 3.29. The molecule has 1 N–H and O–H groups in total. The standard InChI is InChI=1S/C9H9BrO2/c1-5-6(2)8(10)4-3-7(5)9(11)12/h3-5H,2H2,1H3,(H,11,12). The molecule has 0 aromatic carbocycles. The Labute approximate surface area is 79.4 Å². The topological polar surface area (TPSA) is 37.3 Å². The van der Waals surface area contributed by atoms with E-state index in [1.165, 1.54) is 0 Å². The third-order valence-electron chi connectivity index (χ3n) is 1.95. The summed E-state index contributed by atoms with van der Waals surface area (Å²) < 4.78 is 0.875. The summed E-state index contributed by atoms with van der Waals surface area (Å²) in [7, 11) is 0. The van der Waals surface area contributed by atoms with E-state index in [-0.39, 0.29) is 5.92 Å². The van der Waals surface area contributed by atoms with E-state index in [9.17, 15) is 4.79 Å². The van der Waals surface area contributed by atoms with Crippen molar-refractivity contribution in [2.75, 3.05) is 0 Å². The Morgan fingerprint density at radius 3 is 2.75 bits per heavy atom. The van der Waals surface area contributed by atoms with Crippen LogP contribution in [-0.4, -0.2) is 11.1 Å². The van der Waals surface area contributed by atoms with Gasteiger partial charge in [0.25, 0.3) is 0 Å². The van der Waals surface area contributed by atoms with Crippen molar-refractivity contribution >= 4 is 21.9 Å². The van der Waals surface area contributed by atoms with Gasteiger partial charge in [0.1, 0.15) is 0 Å². The normalized spacial score (nSPS) is 23.2. The molecule has 3 heteroatoms. The molecule has 0 heterocycles. The number of hydrogen-bond donors (Lipinski definition) is 1. The zero-order valence-electron chi connectivity index (χ0n) is 6.67. The number of aliphatic carboxylic acids is 1. The quantitative estimate of drug-likeness (QED) is 0.749. The Hall–Kier alpha value is -0.830. The van der Waals surface area contributed by atoms with Gasteiger partial charge in [0, 0.05) is 16.0 Å². The predicted octanol–water partition coefficient (Wildman–Crippen LogP) is 2.48. The SMILES string of the molecule is C=C1C(Br)=CC=C(C(=O)O)C1C. The third-order valence-corrected chi connectivity index (χ3v) is 2.73. The molecular formula is C9H9BrO2. The molecule has 1 atom stereocenters. The van der Waals surface area contributed by atoms with Crippen molar-refractivity contribution in [1.29, 1.82) is 0 Å². The second-order valence-electron chi connectivity index (χ2n) is 2.69. The Kier molecular flexibility index (Phi) is 2.52. The first kappa shape index (κ1) is 9.26. The van der Waals surface area contributed by atoms with Gasteiger partial charge in [0.05, 0.1) is 0 Å². The first-order valence-corrected chi connectivity index (χ1v) is 4.33. The first-order valence-electron chi connectivity index (χ1n) is 3.54. The first-order chi connectivity index (χ1) is 5.54. The lowest BCUT2D eigenvalue weighted by Crippen LogP contribution is -2.14. The Bertz CT molecular complexity index is 300. The second kappa shape index (κ2) is 3.27. The molecule has 0 fully saturated rings. The van der Waals surface area contributed by atoms with Crippen LogP contribution in [0, 0.1) is 5.92 Å². The van der Waals surface area contributed by atoms with E-state index in [4.69, 9.17) is 5.11 Å². The lowest BCUT2D eigenvalue weighted by atomic mass is 9.90. The molecule has 0 bridgehead atoms. The summed E-state index contributed by atoms with van der Waals surface area (Å²) in [4.78, 5) is 10.7. The molecular weight excluding hydrogens is 220 g/mol. The smallest absolute Gasteiger partial charge is 0.332 e. The van der Waals surface area contributed by atoms with Gasteiger partial charge in [-0.1, -0.05) is 35.5 Å². The molecule has 0 radical (unpaired) electrons. The predicted molar refractivity (Wildman–Crippen MR) is 51.0 cm³/mol. The minimum absolute atomic E-state index is 0.109. The van der Waals surface area contributed by atoms with Crippen LogP contribution in [0.15, 0.2) is 34.4 Å². The fourth-order valence-electron chi connectivity index (χ4n) is 1.07. The van der Waals surface area contributed by atoms with E-state index in [2.05, 4.69) is 22.5 Å². The second-order valence-corrected chi connectivity index (χ2v) is 3.54. The van der Waals surface area contributed by atoms with Crippen molar-refractivity contribution in [3.8, 4) is 0 Å². The van der Waals surface area contributed by atoms with Crippen molar-refractivity contribution in [2.45, 2.75) is 6.92 Å². The van der Waals surface area contributed by atoms with Gasteiger partial charge in [0.2, 0.25) is 0 Å². The molecule has 2 nitrogen and oxygen atoms in total. The molecule has 0 aliphatic heterocycles. The average Bonchev–Trinajstić information content (AvgIpc) is 2.00. The van der Waals surface area contributed by atoms with Crippen molar-refractivity contribution in [3.05, 3.63) is 34.4 Å². The highest BCUT2D eigenvalue weighted by Crippen LogP contribution is 2.32. The third kappa shape index (κ3) is 1.50. The Balaban J connectivity index is 3.06. The summed E-state index contributed by atoms with van der Waals surface area (Å²) in [6.45, 7) is 5.62. The number of halogens is 1. The molecule has 0 saturated heterocycles. The minimum atomic E-state index is -0.875. The van der Waals surface area contributed by atoms with Crippen LogP contribution in [0.25, 0.3) is 0 Å². The summed E-state index contributed by atoms with van der Waals surface area (Å²) in [6.07, 6.45) is 3.32. The molecule has 1 aliphatic rings. The Morgan fingerprint density at radius 1 is 1.67 bits per heavy atom. The maximum absolute atomic E-state index is 10.7. The number of allylic oxidation sites excluding steroid dienone is 4. The van der Waals surface area contributed by atoms with Gasteiger partial charge in [-0.05, 0) is 11.6 Å². The summed E-state index contributed by atoms with van der Waals surface area (Å²) in [5.74, 6) is -0.984. The summed E-state index contributed by atoms with van der Waals surface area (Å²) in [5.41, 5.74) is 1.21. The lowest BCUT2D eigenvalue weighted by molar-refractivity contribution is -0.133. The number of rotatable bonds is 1. The molecule has 1 aliphatic carbocycles. The summed E-state index contributed by atoms with van der Waals surface area (Å²) in [5, 5.41) is 8.76. The molecule has 0 aromatic rings. The van der Waals surface area contributed by atoms with Gasteiger partial charge >= 0.3 is 5.97 Å². The van der Waals surface area contributed by atoms with Gasteiger partial charge in [-0.2, -0.15) is 0 Å². The highest BCUT2D eigenvalue weighted by Gasteiger charge is 2.22. The zero-order valence-corrected chi connectivity index (χ0v) is 8.26. The largest absolute Gasteiger partial charge is 0.478 e. The molecule has 1 rings (SSSR count). The minimum Gasteiger partial charge on any atom is -0.478 e. The molecule has 0 spiro atoms. The molecule has 1 unspecified atom stereocenters. The monoisotopic (exact) mass is 228 g/mol. The fourth-order valence-corrected chi connectivity index (χ4v) is 1.54. The number of carbonyl (C=O) groups is 1. The molecule has 0 saturated carbocycles. The van der Waals surface area contributed by atoms with E-state index >= 15 is 0 Å². The van der Waals surface area contributed by atoms with Crippen LogP contribution in [0.4, 0.5) is 0 Å². The molecule has 12 heavy (non-hydrogen) atoms. The number of carboxylic acids is 1. The van der Waals surface area contributed by atoms with Gasteiger partial charge in [-0.15, -0.1) is 0 Å². The van der Waals surface area contributed by atoms with Crippen LogP contribution in [-0.2, 0) is 4.79 Å². The van der Waals surface area contributed by atoms with Crippen molar-refractivity contribution in [2.24, 2.45) is 5.92 Å².